The lowest BCUT2D eigenvalue weighted by molar-refractivity contribution is -0.870. The molecule has 38 heavy (non-hydrogen) atoms. The van der Waals surface area contributed by atoms with Gasteiger partial charge in [-0.05, 0) is 6.42 Å². The second-order valence-corrected chi connectivity index (χ2v) is 13.2. The number of hydrogen-bond acceptors (Lipinski definition) is 6. The summed E-state index contributed by atoms with van der Waals surface area (Å²) in [4.78, 5) is 24.0. The Balaban J connectivity index is 4.00. The van der Waals surface area contributed by atoms with E-state index < -0.39 is 20.0 Å². The molecule has 0 aromatic carbocycles. The first-order valence-corrected chi connectivity index (χ1v) is 16.8. The highest BCUT2D eigenvalue weighted by molar-refractivity contribution is 7.45. The van der Waals surface area contributed by atoms with Gasteiger partial charge in [0.05, 0.1) is 39.9 Å². The molecule has 0 heterocycles. The maximum absolute atomic E-state index is 12.1. The molecule has 0 aromatic rings. The van der Waals surface area contributed by atoms with E-state index in [1.54, 1.807) is 6.92 Å². The number of nitrogens with zero attached hydrogens (tertiary/aromatic N) is 1. The van der Waals surface area contributed by atoms with Crippen molar-refractivity contribution in [1.82, 2.24) is 5.32 Å². The molecule has 2 N–H and O–H groups in total. The second kappa shape index (κ2) is 23.2. The van der Waals surface area contributed by atoms with E-state index in [0.29, 0.717) is 17.4 Å². The molecule has 0 aliphatic carbocycles. The summed E-state index contributed by atoms with van der Waals surface area (Å²) in [7, 11) is 1.30. The molecular formula is C29H61N2O6P. The van der Waals surface area contributed by atoms with Crippen LogP contribution in [0.4, 0.5) is 0 Å². The summed E-state index contributed by atoms with van der Waals surface area (Å²) in [6.07, 6.45) is 20.3. The normalized spacial score (nSPS) is 15.2. The zero-order chi connectivity index (χ0) is 28.7. The smallest absolute Gasteiger partial charge is 0.268 e. The number of amides is 1. The largest absolute Gasteiger partial charge is 0.756 e. The summed E-state index contributed by atoms with van der Waals surface area (Å²) in [5.41, 5.74) is 0. The standard InChI is InChI=1S/C29H61N2O6P/c1-6-8-9-10-11-12-13-14-15-16-17-18-19-20-21-22-23-28(32)27(30-29(33)7-2)26-37-38(34,35)36-25-24-31(3,4)5/h27-28,32H,6-26H2,1-5H3,(H-,30,33,34,35). The third kappa shape index (κ3) is 24.5. The van der Waals surface area contributed by atoms with E-state index in [0.717, 1.165) is 19.3 Å². The number of carbonyl (C=O) groups excluding carboxylic acids is 1. The lowest BCUT2D eigenvalue weighted by Gasteiger charge is -2.30. The molecular weight excluding hydrogens is 503 g/mol. The van der Waals surface area contributed by atoms with E-state index in [-0.39, 0.29) is 25.5 Å². The minimum atomic E-state index is -4.51. The molecule has 9 heteroatoms. The van der Waals surface area contributed by atoms with E-state index in [1.165, 1.54) is 83.5 Å². The first kappa shape index (κ1) is 37.5. The Morgan fingerprint density at radius 1 is 0.816 bits per heavy atom. The number of quaternary nitrogens is 1. The first-order chi connectivity index (χ1) is 18.0. The molecule has 0 saturated carbocycles. The van der Waals surface area contributed by atoms with Gasteiger partial charge < -0.3 is 28.8 Å². The number of unbranched alkanes of at least 4 members (excludes halogenated alkanes) is 15. The van der Waals surface area contributed by atoms with Crippen LogP contribution in [-0.2, 0) is 18.4 Å². The Bertz CT molecular complexity index is 614. The van der Waals surface area contributed by atoms with Crippen LogP contribution in [0.3, 0.4) is 0 Å². The minimum absolute atomic E-state index is 0.0119. The fraction of sp³-hybridized carbons (Fsp3) is 0.966. The van der Waals surface area contributed by atoms with Crippen LogP contribution in [0, 0.1) is 0 Å². The van der Waals surface area contributed by atoms with Crippen LogP contribution in [0.5, 0.6) is 0 Å². The van der Waals surface area contributed by atoms with Gasteiger partial charge in [-0.2, -0.15) is 0 Å². The fourth-order valence-electron chi connectivity index (χ4n) is 4.30. The van der Waals surface area contributed by atoms with Crippen LogP contribution in [0.1, 0.15) is 129 Å². The number of aliphatic hydroxyl groups is 1. The zero-order valence-corrected chi connectivity index (χ0v) is 26.3. The second-order valence-electron chi connectivity index (χ2n) is 11.8. The van der Waals surface area contributed by atoms with Crippen molar-refractivity contribution in [3.8, 4) is 0 Å². The Morgan fingerprint density at radius 2 is 1.26 bits per heavy atom. The summed E-state index contributed by atoms with van der Waals surface area (Å²) in [6, 6.07) is -0.789. The summed E-state index contributed by atoms with van der Waals surface area (Å²) in [5.74, 6) is -0.253. The van der Waals surface area contributed by atoms with E-state index in [1.807, 2.05) is 21.1 Å². The summed E-state index contributed by atoms with van der Waals surface area (Å²) in [5, 5.41) is 13.3. The SMILES string of the molecule is CCCCCCCCCCCCCCCCCCC(O)C(COP(=O)([O-])OCC[N+](C)(C)C)NC(=O)CC. The van der Waals surface area contributed by atoms with E-state index in [9.17, 15) is 19.4 Å². The monoisotopic (exact) mass is 564 g/mol. The van der Waals surface area contributed by atoms with Crippen molar-refractivity contribution < 1.29 is 32.9 Å². The van der Waals surface area contributed by atoms with E-state index in [4.69, 9.17) is 9.05 Å². The van der Waals surface area contributed by atoms with Gasteiger partial charge in [-0.25, -0.2) is 0 Å². The number of carbonyl (C=O) groups is 1. The Hall–Kier alpha value is -0.500. The van der Waals surface area contributed by atoms with Crippen molar-refractivity contribution in [1.29, 1.82) is 0 Å². The highest BCUT2D eigenvalue weighted by Crippen LogP contribution is 2.38. The Morgan fingerprint density at radius 3 is 1.68 bits per heavy atom. The summed E-state index contributed by atoms with van der Waals surface area (Å²) < 4.78 is 22.6. The quantitative estimate of drug-likeness (QED) is 0.0709. The number of hydrogen-bond donors (Lipinski definition) is 2. The molecule has 1 amide bonds. The molecule has 0 rings (SSSR count). The van der Waals surface area contributed by atoms with Gasteiger partial charge in [-0.3, -0.25) is 9.36 Å². The third-order valence-electron chi connectivity index (χ3n) is 6.91. The molecule has 0 saturated heterocycles. The lowest BCUT2D eigenvalue weighted by Crippen LogP contribution is -2.46. The third-order valence-corrected chi connectivity index (χ3v) is 7.87. The molecule has 0 radical (unpaired) electrons. The molecule has 0 fully saturated rings. The Kier molecular flexibility index (Phi) is 22.9. The summed E-state index contributed by atoms with van der Waals surface area (Å²) >= 11 is 0. The van der Waals surface area contributed by atoms with Crippen LogP contribution in [0.15, 0.2) is 0 Å². The molecule has 3 unspecified atom stereocenters. The topological polar surface area (TPSA) is 108 Å². The maximum Gasteiger partial charge on any atom is 0.268 e. The number of rotatable bonds is 27. The van der Waals surface area contributed by atoms with Crippen LogP contribution in [0.2, 0.25) is 0 Å². The fourth-order valence-corrected chi connectivity index (χ4v) is 5.02. The highest BCUT2D eigenvalue weighted by Gasteiger charge is 2.24. The molecule has 3 atom stereocenters. The molecule has 8 nitrogen and oxygen atoms in total. The van der Waals surface area contributed by atoms with Gasteiger partial charge in [0.2, 0.25) is 5.91 Å². The van der Waals surface area contributed by atoms with Crippen LogP contribution >= 0.6 is 7.82 Å². The van der Waals surface area contributed by atoms with E-state index >= 15 is 0 Å². The molecule has 0 bridgehead atoms. The van der Waals surface area contributed by atoms with Crippen molar-refractivity contribution in [2.45, 2.75) is 142 Å². The number of nitrogens with one attached hydrogen (secondary N) is 1. The van der Waals surface area contributed by atoms with Gasteiger partial charge in [-0.15, -0.1) is 0 Å². The van der Waals surface area contributed by atoms with Gasteiger partial charge in [0.15, 0.2) is 0 Å². The molecule has 0 aromatic heterocycles. The predicted octanol–water partition coefficient (Wildman–Crippen LogP) is 6.10. The number of phosphoric acid groups is 1. The molecule has 0 aliphatic rings. The number of phosphoric ester groups is 1. The lowest BCUT2D eigenvalue weighted by atomic mass is 10.0. The van der Waals surface area contributed by atoms with E-state index in [2.05, 4.69) is 12.2 Å². The number of likely N-dealkylation sites (N-methyl/N-ethyl adjacent to an activating group) is 1. The van der Waals surface area contributed by atoms with Crippen molar-refractivity contribution in [2.24, 2.45) is 0 Å². The minimum Gasteiger partial charge on any atom is -0.756 e. The zero-order valence-electron chi connectivity index (χ0n) is 25.4. The van der Waals surface area contributed by atoms with Crippen LogP contribution in [-0.4, -0.2) is 68.5 Å². The predicted molar refractivity (Wildman–Crippen MR) is 155 cm³/mol. The molecule has 228 valence electrons. The van der Waals surface area contributed by atoms with Crippen LogP contribution in [0.25, 0.3) is 0 Å². The van der Waals surface area contributed by atoms with Gasteiger partial charge in [0.1, 0.15) is 13.2 Å². The number of aliphatic hydroxyl groups excluding tert-OH is 1. The summed E-state index contributed by atoms with van der Waals surface area (Å²) in [6.45, 7) is 4.16. The maximum atomic E-state index is 12.1. The Labute approximate surface area is 234 Å². The molecule has 0 aliphatic heterocycles. The average Bonchev–Trinajstić information content (AvgIpc) is 2.85. The van der Waals surface area contributed by atoms with Crippen molar-refractivity contribution in [3.05, 3.63) is 0 Å². The van der Waals surface area contributed by atoms with Crippen molar-refractivity contribution in [2.75, 3.05) is 40.9 Å². The van der Waals surface area contributed by atoms with Crippen molar-refractivity contribution >= 4 is 13.7 Å². The first-order valence-electron chi connectivity index (χ1n) is 15.4. The van der Waals surface area contributed by atoms with Gasteiger partial charge in [0, 0.05) is 6.42 Å². The van der Waals surface area contributed by atoms with Gasteiger partial charge in [-0.1, -0.05) is 117 Å². The van der Waals surface area contributed by atoms with Gasteiger partial charge >= 0.3 is 0 Å². The van der Waals surface area contributed by atoms with Gasteiger partial charge in [0.25, 0.3) is 7.82 Å². The van der Waals surface area contributed by atoms with Crippen molar-refractivity contribution in [3.63, 3.8) is 0 Å². The highest BCUT2D eigenvalue weighted by atomic mass is 31.2. The van der Waals surface area contributed by atoms with Crippen LogP contribution < -0.4 is 10.2 Å². The average molecular weight is 565 g/mol. The molecule has 0 spiro atoms.